The molecule has 0 atom stereocenters. The topological polar surface area (TPSA) is 79.5 Å². The van der Waals surface area contributed by atoms with E-state index in [1.165, 1.54) is 18.4 Å². The van der Waals surface area contributed by atoms with Crippen molar-refractivity contribution in [3.8, 4) is 11.8 Å². The summed E-state index contributed by atoms with van der Waals surface area (Å²) < 4.78 is 31.9. The summed E-state index contributed by atoms with van der Waals surface area (Å²) in [5.41, 5.74) is 0.587. The van der Waals surface area contributed by atoms with Crippen LogP contribution in [0.1, 0.15) is 17.7 Å². The molecular formula is C15H15NO4S. The second kappa shape index (κ2) is 7.09. The largest absolute Gasteiger partial charge is 0.468 e. The van der Waals surface area contributed by atoms with Gasteiger partial charge in [0.15, 0.2) is 0 Å². The lowest BCUT2D eigenvalue weighted by molar-refractivity contribution is 0.305. The van der Waals surface area contributed by atoms with E-state index in [-0.39, 0.29) is 18.0 Å². The Kier molecular flexibility index (Phi) is 5.17. The zero-order valence-corrected chi connectivity index (χ0v) is 12.1. The van der Waals surface area contributed by atoms with Gasteiger partial charge < -0.3 is 9.52 Å². The van der Waals surface area contributed by atoms with Gasteiger partial charge in [0, 0.05) is 12.0 Å². The molecule has 0 amide bonds. The van der Waals surface area contributed by atoms with Crippen molar-refractivity contribution >= 4 is 10.0 Å². The Morgan fingerprint density at radius 2 is 2.10 bits per heavy atom. The smallest absolute Gasteiger partial charge is 0.241 e. The van der Waals surface area contributed by atoms with E-state index in [1.807, 2.05) is 0 Å². The molecule has 1 aromatic carbocycles. The highest BCUT2D eigenvalue weighted by molar-refractivity contribution is 7.89. The lowest BCUT2D eigenvalue weighted by Crippen LogP contribution is -2.23. The third kappa shape index (κ3) is 4.46. The SMILES string of the molecule is O=S(=O)(NCc1ccco1)c1cccc(C#CCCO)c1. The highest BCUT2D eigenvalue weighted by Crippen LogP contribution is 2.12. The molecule has 0 unspecified atom stereocenters. The first kappa shape index (κ1) is 15.3. The van der Waals surface area contributed by atoms with E-state index in [1.54, 1.807) is 24.3 Å². The van der Waals surface area contributed by atoms with Crippen LogP contribution < -0.4 is 4.72 Å². The minimum atomic E-state index is -3.62. The highest BCUT2D eigenvalue weighted by Gasteiger charge is 2.14. The van der Waals surface area contributed by atoms with Crippen LogP contribution in [0.25, 0.3) is 0 Å². The van der Waals surface area contributed by atoms with Gasteiger partial charge in [-0.15, -0.1) is 0 Å². The van der Waals surface area contributed by atoms with Crippen molar-refractivity contribution in [2.45, 2.75) is 17.9 Å². The molecule has 0 bridgehead atoms. The summed E-state index contributed by atoms with van der Waals surface area (Å²) >= 11 is 0. The molecular weight excluding hydrogens is 290 g/mol. The van der Waals surface area contributed by atoms with Crippen molar-refractivity contribution in [2.75, 3.05) is 6.61 Å². The Labute approximate surface area is 123 Å². The van der Waals surface area contributed by atoms with Gasteiger partial charge in [-0.3, -0.25) is 0 Å². The van der Waals surface area contributed by atoms with Crippen molar-refractivity contribution in [1.82, 2.24) is 4.72 Å². The van der Waals surface area contributed by atoms with Crippen LogP contribution in [-0.2, 0) is 16.6 Å². The van der Waals surface area contributed by atoms with Crippen LogP contribution in [-0.4, -0.2) is 20.1 Å². The minimum Gasteiger partial charge on any atom is -0.468 e. The number of hydrogen-bond acceptors (Lipinski definition) is 4. The number of rotatable bonds is 5. The van der Waals surface area contributed by atoms with Crippen molar-refractivity contribution in [3.63, 3.8) is 0 Å². The van der Waals surface area contributed by atoms with Crippen LogP contribution in [0.2, 0.25) is 0 Å². The van der Waals surface area contributed by atoms with E-state index in [0.29, 0.717) is 17.7 Å². The molecule has 6 heteroatoms. The summed E-state index contributed by atoms with van der Waals surface area (Å²) in [4.78, 5) is 0.143. The van der Waals surface area contributed by atoms with Crippen LogP contribution in [0.4, 0.5) is 0 Å². The van der Waals surface area contributed by atoms with Gasteiger partial charge in [-0.1, -0.05) is 17.9 Å². The summed E-state index contributed by atoms with van der Waals surface area (Å²) in [5.74, 6) is 6.10. The Morgan fingerprint density at radius 3 is 2.81 bits per heavy atom. The molecule has 21 heavy (non-hydrogen) atoms. The minimum absolute atomic E-state index is 0.0182. The Hall–Kier alpha value is -2.07. The summed E-state index contributed by atoms with van der Waals surface area (Å²) in [7, 11) is -3.62. The Balaban J connectivity index is 2.12. The summed E-state index contributed by atoms with van der Waals surface area (Å²) in [6.07, 6.45) is 1.84. The average Bonchev–Trinajstić information content (AvgIpc) is 2.99. The van der Waals surface area contributed by atoms with E-state index in [0.717, 1.165) is 0 Å². The van der Waals surface area contributed by atoms with Gasteiger partial charge in [-0.05, 0) is 30.3 Å². The maximum absolute atomic E-state index is 12.2. The van der Waals surface area contributed by atoms with Crippen molar-refractivity contribution in [2.24, 2.45) is 0 Å². The standard InChI is InChI=1S/C15H15NO4S/c17-9-2-1-5-13-6-3-8-15(11-13)21(18,19)16-12-14-7-4-10-20-14/h3-4,6-8,10-11,16-17H,2,9,12H2. The molecule has 1 heterocycles. The normalized spacial score (nSPS) is 10.9. The molecule has 0 aliphatic heterocycles. The zero-order valence-electron chi connectivity index (χ0n) is 11.2. The fourth-order valence-corrected chi connectivity index (χ4v) is 2.66. The van der Waals surface area contributed by atoms with Gasteiger partial charge in [-0.25, -0.2) is 13.1 Å². The van der Waals surface area contributed by atoms with Gasteiger partial charge in [0.05, 0.1) is 24.3 Å². The predicted molar refractivity (Wildman–Crippen MR) is 77.8 cm³/mol. The molecule has 0 spiro atoms. The van der Waals surface area contributed by atoms with Crippen molar-refractivity contribution < 1.29 is 17.9 Å². The first-order valence-corrected chi connectivity index (χ1v) is 7.82. The van der Waals surface area contributed by atoms with E-state index in [4.69, 9.17) is 9.52 Å². The van der Waals surface area contributed by atoms with Gasteiger partial charge in [-0.2, -0.15) is 0 Å². The van der Waals surface area contributed by atoms with Crippen molar-refractivity contribution in [3.05, 3.63) is 54.0 Å². The highest BCUT2D eigenvalue weighted by atomic mass is 32.2. The van der Waals surface area contributed by atoms with Crippen LogP contribution in [0, 0.1) is 11.8 Å². The lowest BCUT2D eigenvalue weighted by Gasteiger charge is -2.05. The van der Waals surface area contributed by atoms with Crippen LogP contribution in [0.3, 0.4) is 0 Å². The summed E-state index contributed by atoms with van der Waals surface area (Å²) in [5, 5.41) is 8.67. The molecule has 110 valence electrons. The zero-order chi connectivity index (χ0) is 15.1. The molecule has 1 aromatic heterocycles. The van der Waals surface area contributed by atoms with E-state index >= 15 is 0 Å². The quantitative estimate of drug-likeness (QED) is 0.820. The molecule has 2 rings (SSSR count). The number of hydrogen-bond donors (Lipinski definition) is 2. The lowest BCUT2D eigenvalue weighted by atomic mass is 10.2. The van der Waals surface area contributed by atoms with E-state index in [9.17, 15) is 8.42 Å². The fraction of sp³-hybridized carbons (Fsp3) is 0.200. The molecule has 0 aliphatic carbocycles. The first-order chi connectivity index (χ1) is 10.1. The summed E-state index contributed by atoms with van der Waals surface area (Å²) in [6.45, 7) is 0.0748. The van der Waals surface area contributed by atoms with Crippen LogP contribution in [0.15, 0.2) is 52.0 Å². The van der Waals surface area contributed by atoms with E-state index in [2.05, 4.69) is 16.6 Å². The van der Waals surface area contributed by atoms with Gasteiger partial charge in [0.25, 0.3) is 0 Å². The second-order valence-electron chi connectivity index (χ2n) is 4.21. The third-order valence-electron chi connectivity index (χ3n) is 2.63. The molecule has 0 fully saturated rings. The molecule has 5 nitrogen and oxygen atoms in total. The van der Waals surface area contributed by atoms with Gasteiger partial charge >= 0.3 is 0 Å². The van der Waals surface area contributed by atoms with Gasteiger partial charge in [0.2, 0.25) is 10.0 Å². The first-order valence-electron chi connectivity index (χ1n) is 6.34. The van der Waals surface area contributed by atoms with Crippen LogP contribution >= 0.6 is 0 Å². The maximum atomic E-state index is 12.2. The van der Waals surface area contributed by atoms with E-state index < -0.39 is 10.0 Å². The van der Waals surface area contributed by atoms with Crippen LogP contribution in [0.5, 0.6) is 0 Å². The molecule has 2 N–H and O–H groups in total. The Morgan fingerprint density at radius 1 is 1.24 bits per heavy atom. The molecule has 0 radical (unpaired) electrons. The molecule has 0 saturated heterocycles. The Bertz CT molecular complexity index is 739. The second-order valence-corrected chi connectivity index (χ2v) is 5.97. The number of benzene rings is 1. The molecule has 2 aromatic rings. The van der Waals surface area contributed by atoms with Crippen molar-refractivity contribution in [1.29, 1.82) is 0 Å². The number of furan rings is 1. The number of nitrogens with one attached hydrogen (secondary N) is 1. The average molecular weight is 305 g/mol. The number of sulfonamides is 1. The monoisotopic (exact) mass is 305 g/mol. The summed E-state index contributed by atoms with van der Waals surface area (Å²) in [6, 6.07) is 9.73. The number of aliphatic hydroxyl groups excluding tert-OH is 1. The third-order valence-corrected chi connectivity index (χ3v) is 4.03. The molecule has 0 saturated carbocycles. The number of aliphatic hydroxyl groups is 1. The predicted octanol–water partition coefficient (Wildman–Crippen LogP) is 1.49. The molecule has 0 aliphatic rings. The maximum Gasteiger partial charge on any atom is 0.241 e. The fourth-order valence-electron chi connectivity index (χ4n) is 1.62. The van der Waals surface area contributed by atoms with Gasteiger partial charge in [0.1, 0.15) is 5.76 Å².